The molecular weight excluding hydrogens is 340 g/mol. The number of nitrogens with zero attached hydrogens (tertiary/aromatic N) is 1. The smallest absolute Gasteiger partial charge is 0.339 e. The number of hydrogen-bond donors (Lipinski definition) is 3. The fourth-order valence-corrected chi connectivity index (χ4v) is 2.54. The molecule has 3 amide bonds. The lowest BCUT2D eigenvalue weighted by Crippen LogP contribution is -2.30. The molecule has 1 aliphatic rings. The van der Waals surface area contributed by atoms with Gasteiger partial charge in [0, 0.05) is 31.7 Å². The number of amides is 3. The Morgan fingerprint density at radius 3 is 2.35 bits per heavy atom. The molecule has 8 nitrogen and oxygen atoms in total. The molecule has 0 saturated heterocycles. The van der Waals surface area contributed by atoms with Crippen LogP contribution in [-0.2, 0) is 20.9 Å². The summed E-state index contributed by atoms with van der Waals surface area (Å²) in [7, 11) is 0. The van der Waals surface area contributed by atoms with Crippen LogP contribution in [0.15, 0.2) is 30.4 Å². The van der Waals surface area contributed by atoms with Gasteiger partial charge in [0.1, 0.15) is 11.3 Å². The summed E-state index contributed by atoms with van der Waals surface area (Å²) in [5.74, 6) is -2.33. The van der Waals surface area contributed by atoms with Crippen LogP contribution in [-0.4, -0.2) is 45.3 Å². The number of hydrogen-bond acceptors (Lipinski definition) is 5. The number of carboxylic acid groups (broad SMARTS) is 1. The molecule has 0 aliphatic carbocycles. The molecule has 0 fully saturated rings. The van der Waals surface area contributed by atoms with E-state index in [2.05, 4.69) is 5.32 Å². The molecule has 1 aromatic carbocycles. The van der Waals surface area contributed by atoms with Gasteiger partial charge in [-0.3, -0.25) is 19.3 Å². The molecule has 0 spiro atoms. The van der Waals surface area contributed by atoms with Crippen LogP contribution in [0.4, 0.5) is 0 Å². The van der Waals surface area contributed by atoms with E-state index in [4.69, 9.17) is 5.11 Å². The first-order valence-electron chi connectivity index (χ1n) is 8.24. The minimum Gasteiger partial charge on any atom is -0.507 e. The summed E-state index contributed by atoms with van der Waals surface area (Å²) in [5, 5.41) is 21.1. The molecule has 1 heterocycles. The Bertz CT molecular complexity index is 738. The molecule has 8 heteroatoms. The van der Waals surface area contributed by atoms with Gasteiger partial charge in [-0.25, -0.2) is 4.79 Å². The zero-order valence-corrected chi connectivity index (χ0v) is 14.1. The van der Waals surface area contributed by atoms with Crippen molar-refractivity contribution < 1.29 is 29.4 Å². The van der Waals surface area contributed by atoms with Crippen molar-refractivity contribution in [1.29, 1.82) is 0 Å². The van der Waals surface area contributed by atoms with Gasteiger partial charge >= 0.3 is 5.97 Å². The highest BCUT2D eigenvalue weighted by molar-refractivity contribution is 6.12. The number of benzene rings is 1. The molecule has 1 aliphatic heterocycles. The standard InChI is InChI=1S/C18H20N2O6/c21-14-10-12(5-6-13(14)18(25)26)11-19-15(22)4-2-1-3-9-20-16(23)7-8-17(20)24/h5-8,10,21H,1-4,9,11H2,(H,19,22)(H,25,26). The normalized spacial score (nSPS) is 13.3. The van der Waals surface area contributed by atoms with Gasteiger partial charge in [0.2, 0.25) is 5.91 Å². The maximum absolute atomic E-state index is 11.8. The topological polar surface area (TPSA) is 124 Å². The highest BCUT2D eigenvalue weighted by Crippen LogP contribution is 2.18. The molecule has 1 aromatic rings. The SMILES string of the molecule is O=C(CCCCCN1C(=O)C=CC1=O)NCc1ccc(C(=O)O)c(O)c1. The fourth-order valence-electron chi connectivity index (χ4n) is 2.54. The molecule has 0 unspecified atom stereocenters. The molecule has 2 rings (SSSR count). The second-order valence-electron chi connectivity index (χ2n) is 5.91. The van der Waals surface area contributed by atoms with Crippen LogP contribution in [0.1, 0.15) is 41.6 Å². The second-order valence-corrected chi connectivity index (χ2v) is 5.91. The Kier molecular flexibility index (Phi) is 6.48. The van der Waals surface area contributed by atoms with Crippen LogP contribution in [0, 0.1) is 0 Å². The highest BCUT2D eigenvalue weighted by atomic mass is 16.4. The maximum atomic E-state index is 11.8. The number of aromatic carboxylic acids is 1. The third-order valence-corrected chi connectivity index (χ3v) is 3.97. The zero-order valence-electron chi connectivity index (χ0n) is 14.1. The lowest BCUT2D eigenvalue weighted by atomic mass is 10.1. The maximum Gasteiger partial charge on any atom is 0.339 e. The Morgan fingerprint density at radius 2 is 1.73 bits per heavy atom. The van der Waals surface area contributed by atoms with Crippen molar-refractivity contribution in [3.05, 3.63) is 41.5 Å². The number of phenols is 1. The van der Waals surface area contributed by atoms with Crippen molar-refractivity contribution >= 4 is 23.7 Å². The summed E-state index contributed by atoms with van der Waals surface area (Å²) >= 11 is 0. The number of carbonyl (C=O) groups is 4. The van der Waals surface area contributed by atoms with Crippen LogP contribution in [0.5, 0.6) is 5.75 Å². The predicted octanol–water partition coefficient (Wildman–Crippen LogP) is 1.19. The van der Waals surface area contributed by atoms with Gasteiger partial charge in [-0.15, -0.1) is 0 Å². The van der Waals surface area contributed by atoms with Gasteiger partial charge in [-0.2, -0.15) is 0 Å². The van der Waals surface area contributed by atoms with Gasteiger partial charge < -0.3 is 15.5 Å². The summed E-state index contributed by atoms with van der Waals surface area (Å²) in [5.41, 5.74) is 0.407. The van der Waals surface area contributed by atoms with E-state index in [0.717, 1.165) is 0 Å². The Balaban J connectivity index is 1.63. The number of unbranched alkanes of at least 4 members (excludes halogenated alkanes) is 2. The van der Waals surface area contributed by atoms with Crippen molar-refractivity contribution in [3.8, 4) is 5.75 Å². The third-order valence-electron chi connectivity index (χ3n) is 3.97. The van der Waals surface area contributed by atoms with Gasteiger partial charge in [0.05, 0.1) is 0 Å². The summed E-state index contributed by atoms with van der Waals surface area (Å²) in [4.78, 5) is 46.5. The Morgan fingerprint density at radius 1 is 1.04 bits per heavy atom. The third kappa shape index (κ3) is 5.17. The first kappa shape index (κ1) is 19.2. The van der Waals surface area contributed by atoms with E-state index in [1.807, 2.05) is 0 Å². The molecule has 3 N–H and O–H groups in total. The molecule has 138 valence electrons. The van der Waals surface area contributed by atoms with Crippen molar-refractivity contribution in [3.63, 3.8) is 0 Å². The molecular formula is C18H20N2O6. The molecule has 0 aromatic heterocycles. The number of carbonyl (C=O) groups excluding carboxylic acids is 3. The average molecular weight is 360 g/mol. The summed E-state index contributed by atoms with van der Waals surface area (Å²) < 4.78 is 0. The molecule has 26 heavy (non-hydrogen) atoms. The second kappa shape index (κ2) is 8.80. The van der Waals surface area contributed by atoms with Crippen molar-refractivity contribution in [2.75, 3.05) is 6.54 Å². The van der Waals surface area contributed by atoms with E-state index in [1.165, 1.54) is 35.3 Å². The zero-order chi connectivity index (χ0) is 19.1. The minimum absolute atomic E-state index is 0.165. The van der Waals surface area contributed by atoms with Gasteiger partial charge in [0.15, 0.2) is 0 Å². The van der Waals surface area contributed by atoms with Crippen LogP contribution >= 0.6 is 0 Å². The van der Waals surface area contributed by atoms with Crippen LogP contribution < -0.4 is 5.32 Å². The number of nitrogens with one attached hydrogen (secondary N) is 1. The van der Waals surface area contributed by atoms with E-state index < -0.39 is 5.97 Å². The number of aromatic hydroxyl groups is 1. The highest BCUT2D eigenvalue weighted by Gasteiger charge is 2.22. The van der Waals surface area contributed by atoms with E-state index >= 15 is 0 Å². The van der Waals surface area contributed by atoms with E-state index in [-0.39, 0.29) is 35.6 Å². The van der Waals surface area contributed by atoms with E-state index in [1.54, 1.807) is 0 Å². The van der Waals surface area contributed by atoms with E-state index in [0.29, 0.717) is 37.8 Å². The van der Waals surface area contributed by atoms with Gasteiger partial charge in [-0.1, -0.05) is 12.5 Å². The summed E-state index contributed by atoms with van der Waals surface area (Å²) in [6.45, 7) is 0.538. The number of rotatable bonds is 9. The molecule has 0 bridgehead atoms. The first-order chi connectivity index (χ1) is 12.4. The summed E-state index contributed by atoms with van der Waals surface area (Å²) in [6, 6.07) is 4.12. The first-order valence-corrected chi connectivity index (χ1v) is 8.24. The van der Waals surface area contributed by atoms with Crippen LogP contribution in [0.2, 0.25) is 0 Å². The molecule has 0 radical (unpaired) electrons. The molecule has 0 atom stereocenters. The lowest BCUT2D eigenvalue weighted by Gasteiger charge is -2.13. The van der Waals surface area contributed by atoms with Crippen molar-refractivity contribution in [1.82, 2.24) is 10.2 Å². The Hall–Kier alpha value is -3.16. The minimum atomic E-state index is -1.22. The average Bonchev–Trinajstić information content (AvgIpc) is 2.91. The Labute approximate surface area is 150 Å². The van der Waals surface area contributed by atoms with Gasteiger partial charge in [0.25, 0.3) is 11.8 Å². The summed E-state index contributed by atoms with van der Waals surface area (Å²) in [6.07, 6.45) is 4.76. The van der Waals surface area contributed by atoms with Crippen molar-refractivity contribution in [2.24, 2.45) is 0 Å². The largest absolute Gasteiger partial charge is 0.507 e. The number of imide groups is 1. The van der Waals surface area contributed by atoms with Gasteiger partial charge in [-0.05, 0) is 30.5 Å². The van der Waals surface area contributed by atoms with Crippen molar-refractivity contribution in [2.45, 2.75) is 32.2 Å². The monoisotopic (exact) mass is 360 g/mol. The van der Waals surface area contributed by atoms with Crippen LogP contribution in [0.25, 0.3) is 0 Å². The quantitative estimate of drug-likeness (QED) is 0.449. The fraction of sp³-hybridized carbons (Fsp3) is 0.333. The molecule has 0 saturated carbocycles. The predicted molar refractivity (Wildman–Crippen MR) is 91.2 cm³/mol. The van der Waals surface area contributed by atoms with Crippen LogP contribution in [0.3, 0.4) is 0 Å². The lowest BCUT2D eigenvalue weighted by molar-refractivity contribution is -0.137. The number of carboxylic acids is 1. The van der Waals surface area contributed by atoms with E-state index in [9.17, 15) is 24.3 Å².